The van der Waals surface area contributed by atoms with Crippen molar-refractivity contribution in [1.82, 2.24) is 0 Å². The highest BCUT2D eigenvalue weighted by atomic mass is 16.5. The van der Waals surface area contributed by atoms with E-state index in [-0.39, 0.29) is 22.5 Å². The van der Waals surface area contributed by atoms with Gasteiger partial charge in [0.05, 0.1) is 17.0 Å². The van der Waals surface area contributed by atoms with Gasteiger partial charge in [-0.15, -0.1) is 0 Å². The van der Waals surface area contributed by atoms with E-state index in [0.29, 0.717) is 39.3 Å². The Bertz CT molecular complexity index is 1770. The Kier molecular flexibility index (Phi) is 5.65. The molecule has 6 heteroatoms. The van der Waals surface area contributed by atoms with Crippen molar-refractivity contribution < 1.29 is 18.7 Å². The molecule has 4 aromatic carbocycles. The van der Waals surface area contributed by atoms with E-state index in [0.717, 1.165) is 5.56 Å². The Hall–Kier alpha value is -4.97. The predicted octanol–water partition coefficient (Wildman–Crippen LogP) is 6.85. The van der Waals surface area contributed by atoms with Gasteiger partial charge in [-0.3, -0.25) is 19.3 Å². The zero-order valence-corrected chi connectivity index (χ0v) is 20.8. The number of hydrogen-bond acceptors (Lipinski definition) is 5. The summed E-state index contributed by atoms with van der Waals surface area (Å²) >= 11 is 0. The molecule has 0 spiro atoms. The molecule has 6 rings (SSSR count). The second kappa shape index (κ2) is 9.16. The Morgan fingerprint density at radius 2 is 1.58 bits per heavy atom. The lowest BCUT2D eigenvalue weighted by molar-refractivity contribution is 0.0970. The number of Topliss-reactive ketones (excluding diaryl/α,β-unsaturated/α-hetero) is 1. The van der Waals surface area contributed by atoms with Crippen LogP contribution in [0.15, 0.2) is 106 Å². The lowest BCUT2D eigenvalue weighted by Crippen LogP contribution is -2.29. The van der Waals surface area contributed by atoms with Crippen LogP contribution in [-0.2, 0) is 0 Å². The standard InChI is InChI=1S/C32H23NO5/c1-19-11-16-27-26(17-19)30(35)28-29(22-7-6-10-25(18-22)37-24-8-4-3-5-9-24)33(32(36)31(28)38-27)23-14-12-21(13-15-23)20(2)34/h3-18,29H,1-2H3. The molecule has 6 nitrogen and oxygen atoms in total. The summed E-state index contributed by atoms with van der Waals surface area (Å²) in [6, 6.07) is 28.1. The molecular formula is C32H23NO5. The predicted molar refractivity (Wildman–Crippen MR) is 145 cm³/mol. The quantitative estimate of drug-likeness (QED) is 0.246. The van der Waals surface area contributed by atoms with E-state index in [9.17, 15) is 14.4 Å². The van der Waals surface area contributed by atoms with Gasteiger partial charge < -0.3 is 9.15 Å². The number of ether oxygens (including phenoxy) is 1. The molecule has 1 unspecified atom stereocenters. The van der Waals surface area contributed by atoms with Crippen molar-refractivity contribution in [1.29, 1.82) is 0 Å². The van der Waals surface area contributed by atoms with Crippen LogP contribution in [0.4, 0.5) is 5.69 Å². The van der Waals surface area contributed by atoms with Crippen molar-refractivity contribution >= 4 is 28.3 Å². The number of anilines is 1. The zero-order chi connectivity index (χ0) is 26.4. The van der Waals surface area contributed by atoms with Crippen LogP contribution in [0.3, 0.4) is 0 Å². The molecule has 1 aliphatic heterocycles. The molecule has 0 bridgehead atoms. The van der Waals surface area contributed by atoms with E-state index in [1.54, 1.807) is 41.3 Å². The Morgan fingerprint density at radius 3 is 2.32 bits per heavy atom. The second-order valence-electron chi connectivity index (χ2n) is 9.34. The van der Waals surface area contributed by atoms with Crippen LogP contribution in [0.2, 0.25) is 0 Å². The normalized spacial score (nSPS) is 14.5. The number of rotatable bonds is 5. The average molecular weight is 502 g/mol. The monoisotopic (exact) mass is 501 g/mol. The van der Waals surface area contributed by atoms with E-state index in [1.165, 1.54) is 6.92 Å². The summed E-state index contributed by atoms with van der Waals surface area (Å²) in [6.07, 6.45) is 0. The van der Waals surface area contributed by atoms with Crippen LogP contribution in [0.5, 0.6) is 11.5 Å². The minimum atomic E-state index is -0.749. The number of fused-ring (bicyclic) bond motifs is 2. The number of benzene rings is 4. The number of amides is 1. The van der Waals surface area contributed by atoms with E-state index in [4.69, 9.17) is 9.15 Å². The number of hydrogen-bond donors (Lipinski definition) is 0. The fourth-order valence-electron chi connectivity index (χ4n) is 4.90. The van der Waals surface area contributed by atoms with Crippen molar-refractivity contribution in [2.75, 3.05) is 4.90 Å². The molecule has 1 atom stereocenters. The number of aryl methyl sites for hydroxylation is 1. The van der Waals surface area contributed by atoms with Crippen LogP contribution >= 0.6 is 0 Å². The third-order valence-corrected chi connectivity index (χ3v) is 6.73. The first kappa shape index (κ1) is 23.4. The molecule has 38 heavy (non-hydrogen) atoms. The summed E-state index contributed by atoms with van der Waals surface area (Å²) in [6.45, 7) is 3.39. The van der Waals surface area contributed by atoms with Crippen LogP contribution in [0.1, 0.15) is 50.6 Å². The number of para-hydroxylation sites is 1. The molecule has 5 aromatic rings. The molecule has 1 amide bonds. The Morgan fingerprint density at radius 1 is 0.842 bits per heavy atom. The maximum Gasteiger partial charge on any atom is 0.295 e. The van der Waals surface area contributed by atoms with Gasteiger partial charge in [-0.05, 0) is 80.1 Å². The summed E-state index contributed by atoms with van der Waals surface area (Å²) in [7, 11) is 0. The van der Waals surface area contributed by atoms with E-state index in [1.807, 2.05) is 67.6 Å². The summed E-state index contributed by atoms with van der Waals surface area (Å²) in [5.74, 6) is 0.761. The SMILES string of the molecule is CC(=O)c1ccc(N2C(=O)c3oc4ccc(C)cc4c(=O)c3C2c2cccc(Oc3ccccc3)c2)cc1. The van der Waals surface area contributed by atoms with Gasteiger partial charge in [-0.2, -0.15) is 0 Å². The third kappa shape index (κ3) is 3.96. The molecule has 186 valence electrons. The topological polar surface area (TPSA) is 76.8 Å². The van der Waals surface area contributed by atoms with Crippen molar-refractivity contribution in [3.8, 4) is 11.5 Å². The maximum atomic E-state index is 13.9. The molecule has 1 aromatic heterocycles. The summed E-state index contributed by atoms with van der Waals surface area (Å²) < 4.78 is 12.1. The molecule has 0 radical (unpaired) electrons. The number of carbonyl (C=O) groups excluding carboxylic acids is 2. The lowest BCUT2D eigenvalue weighted by Gasteiger charge is -2.25. The molecule has 0 fully saturated rings. The van der Waals surface area contributed by atoms with Crippen LogP contribution < -0.4 is 15.1 Å². The highest BCUT2D eigenvalue weighted by Gasteiger charge is 2.43. The van der Waals surface area contributed by atoms with E-state index >= 15 is 0 Å². The minimum Gasteiger partial charge on any atom is -0.457 e. The van der Waals surface area contributed by atoms with Crippen molar-refractivity contribution in [2.45, 2.75) is 19.9 Å². The van der Waals surface area contributed by atoms with Gasteiger partial charge in [0.2, 0.25) is 5.76 Å². The summed E-state index contributed by atoms with van der Waals surface area (Å²) in [5.41, 5.74) is 3.08. The van der Waals surface area contributed by atoms with Crippen LogP contribution in [-0.4, -0.2) is 11.7 Å². The van der Waals surface area contributed by atoms with Crippen molar-refractivity contribution in [3.63, 3.8) is 0 Å². The van der Waals surface area contributed by atoms with Gasteiger partial charge in [-0.25, -0.2) is 0 Å². The van der Waals surface area contributed by atoms with Gasteiger partial charge in [0, 0.05) is 11.3 Å². The Balaban J connectivity index is 1.54. The molecule has 0 saturated heterocycles. The highest BCUT2D eigenvalue weighted by molar-refractivity contribution is 6.11. The summed E-state index contributed by atoms with van der Waals surface area (Å²) in [5, 5.41) is 0.423. The number of carbonyl (C=O) groups is 2. The van der Waals surface area contributed by atoms with Gasteiger partial charge in [0.25, 0.3) is 5.91 Å². The van der Waals surface area contributed by atoms with Gasteiger partial charge >= 0.3 is 0 Å². The first-order chi connectivity index (χ1) is 18.4. The molecular weight excluding hydrogens is 478 g/mol. The van der Waals surface area contributed by atoms with Gasteiger partial charge in [0.1, 0.15) is 17.1 Å². The maximum absolute atomic E-state index is 13.9. The average Bonchev–Trinajstić information content (AvgIpc) is 3.22. The lowest BCUT2D eigenvalue weighted by atomic mass is 9.97. The van der Waals surface area contributed by atoms with E-state index < -0.39 is 11.9 Å². The van der Waals surface area contributed by atoms with E-state index in [2.05, 4.69) is 0 Å². The molecule has 2 heterocycles. The molecule has 0 saturated carbocycles. The first-order valence-corrected chi connectivity index (χ1v) is 12.3. The van der Waals surface area contributed by atoms with Crippen molar-refractivity contribution in [3.05, 3.63) is 135 Å². The molecule has 0 aliphatic carbocycles. The molecule has 1 aliphatic rings. The van der Waals surface area contributed by atoms with Gasteiger partial charge in [-0.1, -0.05) is 42.0 Å². The molecule has 0 N–H and O–H groups in total. The second-order valence-corrected chi connectivity index (χ2v) is 9.34. The van der Waals surface area contributed by atoms with Crippen molar-refractivity contribution in [2.24, 2.45) is 0 Å². The fraction of sp³-hybridized carbons (Fsp3) is 0.0938. The van der Waals surface area contributed by atoms with Crippen LogP contribution in [0, 0.1) is 6.92 Å². The third-order valence-electron chi connectivity index (χ3n) is 6.73. The minimum absolute atomic E-state index is 0.0152. The van der Waals surface area contributed by atoms with Gasteiger partial charge in [0.15, 0.2) is 11.2 Å². The summed E-state index contributed by atoms with van der Waals surface area (Å²) in [4.78, 5) is 41.1. The fourth-order valence-corrected chi connectivity index (χ4v) is 4.90. The largest absolute Gasteiger partial charge is 0.457 e. The zero-order valence-electron chi connectivity index (χ0n) is 20.8. The Labute approximate surface area is 218 Å². The smallest absolute Gasteiger partial charge is 0.295 e. The van der Waals surface area contributed by atoms with Crippen LogP contribution in [0.25, 0.3) is 11.0 Å². The number of ketones is 1. The highest BCUT2D eigenvalue weighted by Crippen LogP contribution is 2.42. The first-order valence-electron chi connectivity index (χ1n) is 12.3. The number of nitrogens with zero attached hydrogens (tertiary/aromatic N) is 1.